The van der Waals surface area contributed by atoms with E-state index in [1.165, 1.54) is 7.11 Å². The summed E-state index contributed by atoms with van der Waals surface area (Å²) in [5.74, 6) is -0.448. The van der Waals surface area contributed by atoms with Gasteiger partial charge in [0.25, 0.3) is 0 Å². The molecular formula is C24H28N2O5. The van der Waals surface area contributed by atoms with Gasteiger partial charge in [-0.05, 0) is 17.7 Å². The van der Waals surface area contributed by atoms with Gasteiger partial charge in [-0.15, -0.1) is 0 Å². The van der Waals surface area contributed by atoms with Crippen LogP contribution in [-0.4, -0.2) is 49.5 Å². The van der Waals surface area contributed by atoms with Crippen molar-refractivity contribution < 1.29 is 23.9 Å². The molecule has 7 nitrogen and oxygen atoms in total. The van der Waals surface area contributed by atoms with Crippen LogP contribution in [0, 0.1) is 5.92 Å². The molecule has 0 fully saturated rings. The van der Waals surface area contributed by atoms with E-state index in [1.807, 2.05) is 54.6 Å². The zero-order chi connectivity index (χ0) is 22.2. The Labute approximate surface area is 182 Å². The summed E-state index contributed by atoms with van der Waals surface area (Å²) in [6, 6.07) is 17.0. The van der Waals surface area contributed by atoms with Crippen molar-refractivity contribution >= 4 is 23.5 Å². The molecule has 0 N–H and O–H groups in total. The first-order valence-electron chi connectivity index (χ1n) is 10.4. The zero-order valence-electron chi connectivity index (χ0n) is 18.0. The minimum absolute atomic E-state index is 0.0685. The van der Waals surface area contributed by atoms with Gasteiger partial charge in [-0.3, -0.25) is 14.4 Å². The Bertz CT molecular complexity index is 915. The third kappa shape index (κ3) is 5.84. The molecule has 0 aliphatic carbocycles. The summed E-state index contributed by atoms with van der Waals surface area (Å²) >= 11 is 0. The molecule has 1 heterocycles. The van der Waals surface area contributed by atoms with Gasteiger partial charge in [0.1, 0.15) is 12.4 Å². The summed E-state index contributed by atoms with van der Waals surface area (Å²) < 4.78 is 10.4. The highest BCUT2D eigenvalue weighted by Crippen LogP contribution is 2.31. The van der Waals surface area contributed by atoms with Gasteiger partial charge in [0.05, 0.1) is 25.3 Å². The molecule has 0 radical (unpaired) electrons. The van der Waals surface area contributed by atoms with E-state index in [9.17, 15) is 14.4 Å². The van der Waals surface area contributed by atoms with Crippen LogP contribution in [0.5, 0.6) is 5.75 Å². The monoisotopic (exact) mass is 424 g/mol. The van der Waals surface area contributed by atoms with Gasteiger partial charge in [-0.2, -0.15) is 0 Å². The maximum atomic E-state index is 13.0. The highest BCUT2D eigenvalue weighted by molar-refractivity contribution is 5.97. The molecule has 2 aromatic rings. The lowest BCUT2D eigenvalue weighted by Gasteiger charge is -2.30. The van der Waals surface area contributed by atoms with Crippen LogP contribution < -0.4 is 9.64 Å². The molecule has 0 saturated heterocycles. The number of carbonyl (C=O) groups is 3. The van der Waals surface area contributed by atoms with E-state index >= 15 is 0 Å². The smallest absolute Gasteiger partial charge is 0.310 e. The third-order valence-electron chi connectivity index (χ3n) is 5.25. The van der Waals surface area contributed by atoms with E-state index in [0.29, 0.717) is 25.4 Å². The van der Waals surface area contributed by atoms with Crippen molar-refractivity contribution in [2.24, 2.45) is 5.92 Å². The van der Waals surface area contributed by atoms with Gasteiger partial charge in [0.15, 0.2) is 0 Å². The molecule has 0 spiro atoms. The first kappa shape index (κ1) is 22.3. The van der Waals surface area contributed by atoms with E-state index < -0.39 is 5.92 Å². The number of para-hydroxylation sites is 2. The number of esters is 1. The minimum Gasteiger partial charge on any atom is -0.490 e. The van der Waals surface area contributed by atoms with Gasteiger partial charge in [0, 0.05) is 25.9 Å². The van der Waals surface area contributed by atoms with Gasteiger partial charge in [0.2, 0.25) is 11.8 Å². The second-order valence-electron chi connectivity index (χ2n) is 7.55. The number of ether oxygens (including phenoxy) is 2. The molecule has 0 aromatic heterocycles. The van der Waals surface area contributed by atoms with Crippen molar-refractivity contribution in [3.05, 3.63) is 60.2 Å². The molecular weight excluding hydrogens is 396 g/mol. The number of fused-ring (bicyclic) bond motifs is 1. The Morgan fingerprint density at radius 2 is 1.77 bits per heavy atom. The normalized spacial score (nSPS) is 13.5. The predicted octanol–water partition coefficient (Wildman–Crippen LogP) is 3.03. The second kappa shape index (κ2) is 10.6. The SMILES string of the molecule is COC(=O)C(C)CN(Cc1ccccc1)C(=O)CCC(=O)N1CCOc2ccccc21. The molecule has 0 saturated carbocycles. The zero-order valence-corrected chi connectivity index (χ0v) is 18.0. The molecule has 1 aliphatic rings. The topological polar surface area (TPSA) is 76.2 Å². The fourth-order valence-electron chi connectivity index (χ4n) is 3.60. The molecule has 1 unspecified atom stereocenters. The third-order valence-corrected chi connectivity index (χ3v) is 5.25. The Morgan fingerprint density at radius 3 is 2.52 bits per heavy atom. The molecule has 164 valence electrons. The number of hydrogen-bond donors (Lipinski definition) is 0. The summed E-state index contributed by atoms with van der Waals surface area (Å²) in [7, 11) is 1.33. The average molecular weight is 424 g/mol. The lowest BCUT2D eigenvalue weighted by molar-refractivity contribution is -0.146. The largest absolute Gasteiger partial charge is 0.490 e. The van der Waals surface area contributed by atoms with E-state index in [-0.39, 0.29) is 37.2 Å². The van der Waals surface area contributed by atoms with Crippen molar-refractivity contribution in [3.8, 4) is 5.75 Å². The number of anilines is 1. The Morgan fingerprint density at radius 1 is 1.06 bits per heavy atom. The van der Waals surface area contributed by atoms with Crippen LogP contribution in [0.3, 0.4) is 0 Å². The van der Waals surface area contributed by atoms with Crippen molar-refractivity contribution in [1.29, 1.82) is 0 Å². The Hall–Kier alpha value is -3.35. The van der Waals surface area contributed by atoms with Crippen LogP contribution in [0.25, 0.3) is 0 Å². The number of rotatable bonds is 8. The maximum Gasteiger partial charge on any atom is 0.310 e. The molecule has 3 rings (SSSR count). The van der Waals surface area contributed by atoms with Gasteiger partial charge in [-0.25, -0.2) is 0 Å². The molecule has 2 aromatic carbocycles. The van der Waals surface area contributed by atoms with Gasteiger partial charge in [-0.1, -0.05) is 49.4 Å². The summed E-state index contributed by atoms with van der Waals surface area (Å²) in [5, 5.41) is 0. The average Bonchev–Trinajstić information content (AvgIpc) is 2.81. The Balaban J connectivity index is 1.65. The van der Waals surface area contributed by atoms with Crippen LogP contribution in [0.15, 0.2) is 54.6 Å². The van der Waals surface area contributed by atoms with Gasteiger partial charge < -0.3 is 19.3 Å². The first-order valence-corrected chi connectivity index (χ1v) is 10.4. The molecule has 2 amide bonds. The van der Waals surface area contributed by atoms with E-state index in [4.69, 9.17) is 9.47 Å². The standard InChI is InChI=1S/C24H28N2O5/c1-18(24(29)30-2)16-25(17-19-8-4-3-5-9-19)22(27)12-13-23(28)26-14-15-31-21-11-7-6-10-20(21)26/h3-11,18H,12-17H2,1-2H3. The van der Waals surface area contributed by atoms with Crippen molar-refractivity contribution in [2.45, 2.75) is 26.3 Å². The predicted molar refractivity (Wildman–Crippen MR) is 117 cm³/mol. The van der Waals surface area contributed by atoms with Gasteiger partial charge >= 0.3 is 5.97 Å². The molecule has 7 heteroatoms. The fourth-order valence-corrected chi connectivity index (χ4v) is 3.60. The number of benzene rings is 2. The lowest BCUT2D eigenvalue weighted by Crippen LogP contribution is -2.40. The maximum absolute atomic E-state index is 13.0. The number of amides is 2. The van der Waals surface area contributed by atoms with E-state index in [1.54, 1.807) is 16.7 Å². The van der Waals surface area contributed by atoms with Crippen LogP contribution in [0.2, 0.25) is 0 Å². The highest BCUT2D eigenvalue weighted by Gasteiger charge is 2.26. The van der Waals surface area contributed by atoms with Crippen LogP contribution in [0.1, 0.15) is 25.3 Å². The summed E-state index contributed by atoms with van der Waals surface area (Å²) in [6.07, 6.45) is 0.157. The van der Waals surface area contributed by atoms with Crippen LogP contribution in [0.4, 0.5) is 5.69 Å². The minimum atomic E-state index is -0.459. The van der Waals surface area contributed by atoms with Crippen molar-refractivity contribution in [3.63, 3.8) is 0 Å². The van der Waals surface area contributed by atoms with Crippen molar-refractivity contribution in [2.75, 3.05) is 31.7 Å². The summed E-state index contributed by atoms with van der Waals surface area (Å²) in [6.45, 7) is 3.21. The number of hydrogen-bond acceptors (Lipinski definition) is 5. The lowest BCUT2D eigenvalue weighted by atomic mass is 10.1. The Kier molecular flexibility index (Phi) is 7.65. The summed E-state index contributed by atoms with van der Waals surface area (Å²) in [4.78, 5) is 41.0. The number of methoxy groups -OCH3 is 1. The summed E-state index contributed by atoms with van der Waals surface area (Å²) in [5.41, 5.74) is 1.69. The van der Waals surface area contributed by atoms with Crippen LogP contribution >= 0.6 is 0 Å². The molecule has 0 bridgehead atoms. The fraction of sp³-hybridized carbons (Fsp3) is 0.375. The number of nitrogens with zero attached hydrogens (tertiary/aromatic N) is 2. The van der Waals surface area contributed by atoms with E-state index in [0.717, 1.165) is 11.3 Å². The number of carbonyl (C=O) groups excluding carboxylic acids is 3. The van der Waals surface area contributed by atoms with Crippen molar-refractivity contribution in [1.82, 2.24) is 4.90 Å². The van der Waals surface area contributed by atoms with E-state index in [2.05, 4.69) is 0 Å². The van der Waals surface area contributed by atoms with Crippen LogP contribution in [-0.2, 0) is 25.7 Å². The first-order chi connectivity index (χ1) is 15.0. The molecule has 1 aliphatic heterocycles. The second-order valence-corrected chi connectivity index (χ2v) is 7.55. The highest BCUT2D eigenvalue weighted by atomic mass is 16.5. The molecule has 1 atom stereocenters. The molecule has 31 heavy (non-hydrogen) atoms. The quantitative estimate of drug-likeness (QED) is 0.609.